The number of rotatable bonds is 3. The van der Waals surface area contributed by atoms with Crippen molar-refractivity contribution in [1.82, 2.24) is 9.88 Å². The number of sulfone groups is 1. The second-order valence-corrected chi connectivity index (χ2v) is 8.83. The zero-order valence-corrected chi connectivity index (χ0v) is 16.0. The van der Waals surface area contributed by atoms with Gasteiger partial charge in [-0.05, 0) is 30.3 Å². The molecule has 0 aliphatic carbocycles. The summed E-state index contributed by atoms with van der Waals surface area (Å²) in [4.78, 5) is 2.88. The lowest BCUT2D eigenvalue weighted by Gasteiger charge is -2.30. The van der Waals surface area contributed by atoms with Crippen LogP contribution in [0.25, 0.3) is 10.9 Å². The number of aryl methyl sites for hydroxylation is 1. The molecule has 136 valence electrons. The molecule has 0 spiro atoms. The van der Waals surface area contributed by atoms with Gasteiger partial charge in [0.15, 0.2) is 0 Å². The average Bonchev–Trinajstić information content (AvgIpc) is 3.01. The van der Waals surface area contributed by atoms with E-state index < -0.39 is 9.84 Å². The highest BCUT2D eigenvalue weighted by Crippen LogP contribution is 2.35. The van der Waals surface area contributed by atoms with E-state index in [0.29, 0.717) is 9.92 Å². The first-order valence-electron chi connectivity index (χ1n) is 8.53. The Bertz CT molecular complexity index is 1050. The Morgan fingerprint density at radius 2 is 1.73 bits per heavy atom. The Morgan fingerprint density at radius 3 is 2.42 bits per heavy atom. The lowest BCUT2D eigenvalue weighted by molar-refractivity contribution is 0.590. The van der Waals surface area contributed by atoms with Crippen LogP contribution >= 0.6 is 11.6 Å². The second kappa shape index (κ2) is 6.61. The SMILES string of the molecule is Cn1cc(S(=O)(=O)c2ccc(Cl)cc2)c2cccc(N3CCNCC3)c21. The smallest absolute Gasteiger partial charge is 0.208 e. The maximum Gasteiger partial charge on any atom is 0.208 e. The van der Waals surface area contributed by atoms with Crippen LogP contribution < -0.4 is 10.2 Å². The summed E-state index contributed by atoms with van der Waals surface area (Å²) in [5.41, 5.74) is 2.02. The standard InChI is InChI=1S/C19H20ClN3O2S/c1-22-13-18(26(24,25)15-7-5-14(20)6-8-15)16-3-2-4-17(19(16)22)23-11-9-21-10-12-23/h2-8,13,21H,9-12H2,1H3. The maximum atomic E-state index is 13.2. The monoisotopic (exact) mass is 389 g/mol. The quantitative estimate of drug-likeness (QED) is 0.748. The van der Waals surface area contributed by atoms with Gasteiger partial charge < -0.3 is 14.8 Å². The molecule has 0 atom stereocenters. The molecule has 1 aliphatic heterocycles. The molecule has 26 heavy (non-hydrogen) atoms. The first-order chi connectivity index (χ1) is 12.5. The summed E-state index contributed by atoms with van der Waals surface area (Å²) in [7, 11) is -1.72. The molecule has 1 aromatic heterocycles. The normalized spacial score (nSPS) is 15.5. The van der Waals surface area contributed by atoms with Crippen molar-refractivity contribution in [3.8, 4) is 0 Å². The van der Waals surface area contributed by atoms with E-state index in [-0.39, 0.29) is 4.90 Å². The molecule has 0 unspecified atom stereocenters. The van der Waals surface area contributed by atoms with Crippen LogP contribution in [0.15, 0.2) is 58.5 Å². The van der Waals surface area contributed by atoms with Gasteiger partial charge in [-0.25, -0.2) is 8.42 Å². The van der Waals surface area contributed by atoms with Crippen molar-refractivity contribution in [1.29, 1.82) is 0 Å². The van der Waals surface area contributed by atoms with Crippen molar-refractivity contribution < 1.29 is 8.42 Å². The summed E-state index contributed by atoms with van der Waals surface area (Å²) in [6.45, 7) is 3.67. The molecule has 0 saturated carbocycles. The van der Waals surface area contributed by atoms with Crippen LogP contribution in [0.5, 0.6) is 0 Å². The van der Waals surface area contributed by atoms with Crippen LogP contribution in [0.2, 0.25) is 5.02 Å². The van der Waals surface area contributed by atoms with Crippen LogP contribution in [0, 0.1) is 0 Å². The van der Waals surface area contributed by atoms with E-state index in [2.05, 4.69) is 16.3 Å². The zero-order chi connectivity index (χ0) is 18.3. The lowest BCUT2D eigenvalue weighted by atomic mass is 10.2. The van der Waals surface area contributed by atoms with Crippen molar-refractivity contribution in [3.63, 3.8) is 0 Å². The van der Waals surface area contributed by atoms with Crippen LogP contribution in [-0.2, 0) is 16.9 Å². The molecule has 1 fully saturated rings. The average molecular weight is 390 g/mol. The van der Waals surface area contributed by atoms with Gasteiger partial charge in [0.1, 0.15) is 0 Å². The van der Waals surface area contributed by atoms with Crippen LogP contribution in [0.3, 0.4) is 0 Å². The van der Waals surface area contributed by atoms with E-state index in [9.17, 15) is 8.42 Å². The van der Waals surface area contributed by atoms with Gasteiger partial charge in [0.05, 0.1) is 21.0 Å². The Kier molecular flexibility index (Phi) is 4.42. The minimum absolute atomic E-state index is 0.252. The molecule has 0 amide bonds. The second-order valence-electron chi connectivity index (χ2n) is 6.47. The van der Waals surface area contributed by atoms with Crippen LogP contribution in [0.1, 0.15) is 0 Å². The van der Waals surface area contributed by atoms with Gasteiger partial charge >= 0.3 is 0 Å². The summed E-state index contributed by atoms with van der Waals surface area (Å²) < 4.78 is 28.3. The maximum absolute atomic E-state index is 13.2. The van der Waals surface area contributed by atoms with Crippen molar-refractivity contribution in [3.05, 3.63) is 53.7 Å². The summed E-state index contributed by atoms with van der Waals surface area (Å²) in [5.74, 6) is 0. The number of fused-ring (bicyclic) bond motifs is 1. The molecule has 2 heterocycles. The number of piperazine rings is 1. The van der Waals surface area contributed by atoms with Gasteiger partial charge in [0.2, 0.25) is 9.84 Å². The first-order valence-corrected chi connectivity index (χ1v) is 10.4. The van der Waals surface area contributed by atoms with E-state index in [1.165, 1.54) is 0 Å². The molecule has 0 bridgehead atoms. The molecule has 3 aromatic rings. The highest BCUT2D eigenvalue weighted by molar-refractivity contribution is 7.91. The van der Waals surface area contributed by atoms with E-state index in [1.807, 2.05) is 23.7 Å². The Labute approximate surface area is 158 Å². The molecule has 7 heteroatoms. The number of benzene rings is 2. The molecule has 1 aliphatic rings. The number of halogens is 1. The van der Waals surface area contributed by atoms with Gasteiger partial charge in [-0.15, -0.1) is 0 Å². The molecule has 2 aromatic carbocycles. The Balaban J connectivity index is 1.88. The summed E-state index contributed by atoms with van der Waals surface area (Å²) in [6, 6.07) is 12.2. The van der Waals surface area contributed by atoms with Crippen molar-refractivity contribution in [2.75, 3.05) is 31.1 Å². The molecule has 1 saturated heterocycles. The molecule has 0 radical (unpaired) electrons. The first kappa shape index (κ1) is 17.4. The molecule has 4 rings (SSSR count). The third kappa shape index (κ3) is 2.88. The van der Waals surface area contributed by atoms with E-state index >= 15 is 0 Å². The number of nitrogens with zero attached hydrogens (tertiary/aromatic N) is 2. The summed E-state index contributed by atoms with van der Waals surface area (Å²) in [5, 5.41) is 4.61. The molecule has 1 N–H and O–H groups in total. The van der Waals surface area contributed by atoms with Crippen molar-refractivity contribution in [2.45, 2.75) is 9.79 Å². The predicted octanol–water partition coefficient (Wildman–Crippen LogP) is 3.07. The number of hydrogen-bond acceptors (Lipinski definition) is 4. The van der Waals surface area contributed by atoms with Crippen LogP contribution in [-0.4, -0.2) is 39.2 Å². The third-order valence-electron chi connectivity index (χ3n) is 4.81. The summed E-state index contributed by atoms with van der Waals surface area (Å²) in [6.07, 6.45) is 1.71. The molecular formula is C19H20ClN3O2S. The number of aromatic nitrogens is 1. The van der Waals surface area contributed by atoms with Gasteiger partial charge in [0, 0.05) is 49.8 Å². The minimum Gasteiger partial charge on any atom is -0.367 e. The van der Waals surface area contributed by atoms with E-state index in [1.54, 1.807) is 30.5 Å². The number of nitrogens with one attached hydrogen (secondary N) is 1. The molecule has 5 nitrogen and oxygen atoms in total. The van der Waals surface area contributed by atoms with Crippen molar-refractivity contribution in [2.24, 2.45) is 7.05 Å². The van der Waals surface area contributed by atoms with Gasteiger partial charge in [0.25, 0.3) is 0 Å². The summed E-state index contributed by atoms with van der Waals surface area (Å²) >= 11 is 5.90. The van der Waals surface area contributed by atoms with Gasteiger partial charge in [-0.1, -0.05) is 23.7 Å². The van der Waals surface area contributed by atoms with E-state index in [0.717, 1.165) is 42.8 Å². The fourth-order valence-electron chi connectivity index (χ4n) is 3.53. The lowest BCUT2D eigenvalue weighted by Crippen LogP contribution is -2.43. The fraction of sp³-hybridized carbons (Fsp3) is 0.263. The van der Waals surface area contributed by atoms with Gasteiger partial charge in [-0.3, -0.25) is 0 Å². The highest BCUT2D eigenvalue weighted by Gasteiger charge is 2.25. The van der Waals surface area contributed by atoms with E-state index in [4.69, 9.17) is 11.6 Å². The Morgan fingerprint density at radius 1 is 1.04 bits per heavy atom. The number of hydrogen-bond donors (Lipinski definition) is 1. The zero-order valence-electron chi connectivity index (χ0n) is 14.4. The number of para-hydroxylation sites is 1. The van der Waals surface area contributed by atoms with Crippen LogP contribution in [0.4, 0.5) is 5.69 Å². The highest BCUT2D eigenvalue weighted by atomic mass is 35.5. The fourth-order valence-corrected chi connectivity index (χ4v) is 5.15. The third-order valence-corrected chi connectivity index (χ3v) is 6.86. The Hall–Kier alpha value is -2.02. The largest absolute Gasteiger partial charge is 0.367 e. The topological polar surface area (TPSA) is 54.3 Å². The number of anilines is 1. The minimum atomic E-state index is -3.62. The van der Waals surface area contributed by atoms with Gasteiger partial charge in [-0.2, -0.15) is 0 Å². The predicted molar refractivity (Wildman–Crippen MR) is 105 cm³/mol. The van der Waals surface area contributed by atoms with Crippen molar-refractivity contribution >= 4 is 38.0 Å². The molecular weight excluding hydrogens is 370 g/mol.